The quantitative estimate of drug-likeness (QED) is 0.691. The van der Waals surface area contributed by atoms with Crippen LogP contribution in [0.1, 0.15) is 20.3 Å². The number of aliphatic carboxylic acids is 1. The van der Waals surface area contributed by atoms with Gasteiger partial charge in [-0.1, -0.05) is 0 Å². The number of rotatable bonds is 5. The average molecular weight is 213 g/mol. The van der Waals surface area contributed by atoms with Gasteiger partial charge in [-0.2, -0.15) is 5.26 Å². The van der Waals surface area contributed by atoms with Gasteiger partial charge in [0.1, 0.15) is 6.04 Å². The molecule has 0 saturated carbocycles. The molecule has 0 fully saturated rings. The van der Waals surface area contributed by atoms with E-state index in [2.05, 4.69) is 5.32 Å². The number of amides is 2. The molecule has 1 atom stereocenters. The molecule has 0 aliphatic rings. The monoisotopic (exact) mass is 213 g/mol. The number of hydrogen-bond acceptors (Lipinski definition) is 3. The van der Waals surface area contributed by atoms with E-state index in [1.807, 2.05) is 6.07 Å². The number of nitrogens with one attached hydrogen (secondary N) is 1. The van der Waals surface area contributed by atoms with Crippen LogP contribution in [0.4, 0.5) is 4.79 Å². The Balaban J connectivity index is 4.16. The Kier molecular flexibility index (Phi) is 5.86. The lowest BCUT2D eigenvalue weighted by Gasteiger charge is -2.21. The van der Waals surface area contributed by atoms with Crippen LogP contribution in [0.15, 0.2) is 0 Å². The van der Waals surface area contributed by atoms with Gasteiger partial charge >= 0.3 is 12.0 Å². The highest BCUT2D eigenvalue weighted by Gasteiger charge is 2.17. The number of carbonyl (C=O) groups is 2. The maximum atomic E-state index is 11.4. The summed E-state index contributed by atoms with van der Waals surface area (Å²) in [6.07, 6.45) is 0.239. The minimum Gasteiger partial charge on any atom is -0.480 e. The number of carbonyl (C=O) groups excluding carboxylic acids is 1. The zero-order chi connectivity index (χ0) is 11.8. The molecule has 2 amide bonds. The predicted octanol–water partition coefficient (Wildman–Crippen LogP) is 0.405. The maximum Gasteiger partial charge on any atom is 0.325 e. The summed E-state index contributed by atoms with van der Waals surface area (Å²) in [6.45, 7) is 3.91. The molecule has 6 nitrogen and oxygen atoms in total. The van der Waals surface area contributed by atoms with Crippen LogP contribution in [0.3, 0.4) is 0 Å². The van der Waals surface area contributed by atoms with Crippen LogP contribution < -0.4 is 5.32 Å². The molecule has 2 N–H and O–H groups in total. The molecule has 0 aliphatic carbocycles. The first-order valence-electron chi connectivity index (χ1n) is 4.68. The molecule has 0 aromatic carbocycles. The number of hydrogen-bond donors (Lipinski definition) is 2. The van der Waals surface area contributed by atoms with E-state index in [0.717, 1.165) is 0 Å². The molecule has 0 radical (unpaired) electrons. The van der Waals surface area contributed by atoms with Crippen LogP contribution in [0.5, 0.6) is 0 Å². The first-order chi connectivity index (χ1) is 7.02. The number of carboxylic acid groups (broad SMARTS) is 1. The van der Waals surface area contributed by atoms with Crippen molar-refractivity contribution in [2.24, 2.45) is 0 Å². The Hall–Kier alpha value is -1.77. The minimum absolute atomic E-state index is 0.239. The average Bonchev–Trinajstić information content (AvgIpc) is 2.18. The van der Waals surface area contributed by atoms with Crippen LogP contribution in [-0.4, -0.2) is 41.1 Å². The summed E-state index contributed by atoms with van der Waals surface area (Å²) in [5, 5.41) is 19.3. The van der Waals surface area contributed by atoms with E-state index in [-0.39, 0.29) is 6.42 Å². The molecule has 84 valence electrons. The third-order valence-electron chi connectivity index (χ3n) is 1.87. The van der Waals surface area contributed by atoms with Crippen LogP contribution in [0.25, 0.3) is 0 Å². The summed E-state index contributed by atoms with van der Waals surface area (Å²) in [6, 6.07) is 0.547. The number of urea groups is 1. The van der Waals surface area contributed by atoms with Gasteiger partial charge in [-0.05, 0) is 13.8 Å². The Morgan fingerprint density at radius 3 is 2.60 bits per heavy atom. The van der Waals surface area contributed by atoms with Gasteiger partial charge in [0, 0.05) is 13.1 Å². The van der Waals surface area contributed by atoms with E-state index in [1.165, 1.54) is 11.8 Å². The minimum atomic E-state index is -1.08. The van der Waals surface area contributed by atoms with E-state index >= 15 is 0 Å². The van der Waals surface area contributed by atoms with Crippen LogP contribution in [-0.2, 0) is 4.79 Å². The van der Waals surface area contributed by atoms with Crippen LogP contribution in [0, 0.1) is 11.3 Å². The standard InChI is InChI=1S/C9H15N3O3/c1-3-12(6-4-5-10)9(15)11-7(2)8(13)14/h7H,3-4,6H2,1-2H3,(H,11,15)(H,13,14)/t7-/m1/s1. The second-order valence-electron chi connectivity index (χ2n) is 3.00. The molecule has 0 spiro atoms. The molecular formula is C9H15N3O3. The van der Waals surface area contributed by atoms with Crippen molar-refractivity contribution >= 4 is 12.0 Å². The smallest absolute Gasteiger partial charge is 0.325 e. The molecule has 0 bridgehead atoms. The van der Waals surface area contributed by atoms with Gasteiger partial charge in [-0.15, -0.1) is 0 Å². The van der Waals surface area contributed by atoms with Gasteiger partial charge in [0.25, 0.3) is 0 Å². The predicted molar refractivity (Wildman–Crippen MR) is 53.1 cm³/mol. The highest BCUT2D eigenvalue weighted by molar-refractivity contribution is 5.82. The van der Waals surface area contributed by atoms with Crippen molar-refractivity contribution in [2.75, 3.05) is 13.1 Å². The zero-order valence-corrected chi connectivity index (χ0v) is 8.86. The lowest BCUT2D eigenvalue weighted by molar-refractivity contribution is -0.138. The van der Waals surface area contributed by atoms with E-state index in [1.54, 1.807) is 6.92 Å². The van der Waals surface area contributed by atoms with Crippen molar-refractivity contribution < 1.29 is 14.7 Å². The van der Waals surface area contributed by atoms with Crippen molar-refractivity contribution in [3.05, 3.63) is 0 Å². The van der Waals surface area contributed by atoms with Gasteiger partial charge in [0.2, 0.25) is 0 Å². The third-order valence-corrected chi connectivity index (χ3v) is 1.87. The SMILES string of the molecule is CCN(CCC#N)C(=O)N[C@H](C)C(=O)O. The van der Waals surface area contributed by atoms with Crippen LogP contribution in [0.2, 0.25) is 0 Å². The van der Waals surface area contributed by atoms with Crippen LogP contribution >= 0.6 is 0 Å². The molecule has 0 rings (SSSR count). The molecule has 0 aromatic rings. The van der Waals surface area contributed by atoms with Crippen molar-refractivity contribution in [3.63, 3.8) is 0 Å². The fourth-order valence-electron chi connectivity index (χ4n) is 0.926. The lowest BCUT2D eigenvalue weighted by atomic mass is 10.3. The third kappa shape index (κ3) is 4.86. The molecule has 6 heteroatoms. The van der Waals surface area contributed by atoms with E-state index < -0.39 is 18.0 Å². The normalized spacial score (nSPS) is 11.3. The highest BCUT2D eigenvalue weighted by Crippen LogP contribution is 1.93. The van der Waals surface area contributed by atoms with E-state index in [4.69, 9.17) is 10.4 Å². The molecule has 0 heterocycles. The van der Waals surface area contributed by atoms with E-state index in [0.29, 0.717) is 13.1 Å². The molecule has 15 heavy (non-hydrogen) atoms. The summed E-state index contributed by atoms with van der Waals surface area (Å²) in [5.74, 6) is -1.08. The Labute approximate surface area is 88.5 Å². The Morgan fingerprint density at radius 1 is 1.60 bits per heavy atom. The maximum absolute atomic E-state index is 11.4. The fourth-order valence-corrected chi connectivity index (χ4v) is 0.926. The van der Waals surface area contributed by atoms with Crippen molar-refractivity contribution in [2.45, 2.75) is 26.3 Å². The number of carboxylic acids is 1. The number of nitriles is 1. The largest absolute Gasteiger partial charge is 0.480 e. The first-order valence-corrected chi connectivity index (χ1v) is 4.68. The highest BCUT2D eigenvalue weighted by atomic mass is 16.4. The van der Waals surface area contributed by atoms with Gasteiger partial charge in [-0.25, -0.2) is 4.79 Å². The second kappa shape index (κ2) is 6.65. The van der Waals surface area contributed by atoms with Crippen molar-refractivity contribution in [1.29, 1.82) is 5.26 Å². The first kappa shape index (κ1) is 13.2. The molecule has 0 unspecified atom stereocenters. The Bertz CT molecular complexity index is 272. The number of nitrogens with zero attached hydrogens (tertiary/aromatic N) is 2. The van der Waals surface area contributed by atoms with Gasteiger partial charge in [-0.3, -0.25) is 4.79 Å². The second-order valence-corrected chi connectivity index (χ2v) is 3.00. The van der Waals surface area contributed by atoms with E-state index in [9.17, 15) is 9.59 Å². The fraction of sp³-hybridized carbons (Fsp3) is 0.667. The van der Waals surface area contributed by atoms with Gasteiger partial charge in [0.15, 0.2) is 0 Å². The van der Waals surface area contributed by atoms with Crippen molar-refractivity contribution in [3.8, 4) is 6.07 Å². The Morgan fingerprint density at radius 2 is 2.20 bits per heavy atom. The molecule has 0 aliphatic heterocycles. The van der Waals surface area contributed by atoms with Gasteiger partial charge in [0.05, 0.1) is 12.5 Å². The molecular weight excluding hydrogens is 198 g/mol. The molecule has 0 saturated heterocycles. The summed E-state index contributed by atoms with van der Waals surface area (Å²) in [4.78, 5) is 23.3. The zero-order valence-electron chi connectivity index (χ0n) is 8.86. The summed E-state index contributed by atoms with van der Waals surface area (Å²) in [5.41, 5.74) is 0. The topological polar surface area (TPSA) is 93.4 Å². The summed E-state index contributed by atoms with van der Waals surface area (Å²) in [7, 11) is 0. The van der Waals surface area contributed by atoms with Crippen molar-refractivity contribution in [1.82, 2.24) is 10.2 Å². The lowest BCUT2D eigenvalue weighted by Crippen LogP contribution is -2.46. The summed E-state index contributed by atoms with van der Waals surface area (Å²) < 4.78 is 0. The summed E-state index contributed by atoms with van der Waals surface area (Å²) >= 11 is 0. The molecule has 0 aromatic heterocycles. The van der Waals surface area contributed by atoms with Gasteiger partial charge < -0.3 is 15.3 Å².